The third-order valence-electron chi connectivity index (χ3n) is 5.84. The van der Waals surface area contributed by atoms with E-state index in [1.165, 1.54) is 12.1 Å². The molecule has 10 heteroatoms. The van der Waals surface area contributed by atoms with Gasteiger partial charge in [0, 0.05) is 24.6 Å². The van der Waals surface area contributed by atoms with E-state index >= 15 is 0 Å². The average Bonchev–Trinajstić information content (AvgIpc) is 3.25. The molecule has 0 unspecified atom stereocenters. The highest BCUT2D eigenvalue weighted by Gasteiger charge is 2.34. The van der Waals surface area contributed by atoms with Gasteiger partial charge in [0.05, 0.1) is 16.7 Å². The number of carbonyl (C=O) groups is 1. The van der Waals surface area contributed by atoms with E-state index in [2.05, 4.69) is 15.3 Å². The molecule has 186 valence electrons. The van der Waals surface area contributed by atoms with Gasteiger partial charge in [-0.15, -0.1) is 0 Å². The van der Waals surface area contributed by atoms with Crippen molar-refractivity contribution in [3.05, 3.63) is 101 Å². The quantitative estimate of drug-likeness (QED) is 0.339. The number of nitrogens with zero attached hydrogens (tertiary/aromatic N) is 4. The van der Waals surface area contributed by atoms with Crippen LogP contribution in [-0.2, 0) is 12.7 Å². The molecule has 37 heavy (non-hydrogen) atoms. The highest BCUT2D eigenvalue weighted by molar-refractivity contribution is 5.95. The van der Waals surface area contributed by atoms with Gasteiger partial charge in [-0.3, -0.25) is 9.36 Å². The zero-order chi connectivity index (χ0) is 26.2. The van der Waals surface area contributed by atoms with Crippen LogP contribution in [0, 0.1) is 6.92 Å². The van der Waals surface area contributed by atoms with Gasteiger partial charge in [0.1, 0.15) is 11.3 Å². The molecule has 5 aromatic rings. The van der Waals surface area contributed by atoms with Crippen LogP contribution in [0.15, 0.2) is 79.1 Å². The topological polar surface area (TPSA) is 98.7 Å². The first kappa shape index (κ1) is 24.0. The fraction of sp³-hybridized carbons (Fsp3) is 0.111. The number of nitrogen functional groups attached to an aromatic ring is 1. The van der Waals surface area contributed by atoms with Crippen LogP contribution in [-0.4, -0.2) is 25.4 Å². The molecule has 0 aliphatic carbocycles. The molecule has 0 radical (unpaired) electrons. The van der Waals surface area contributed by atoms with Crippen molar-refractivity contribution in [3.8, 4) is 17.1 Å². The van der Waals surface area contributed by atoms with Crippen molar-refractivity contribution < 1.29 is 18.0 Å². The van der Waals surface area contributed by atoms with E-state index in [4.69, 9.17) is 10.7 Å². The maximum atomic E-state index is 13.3. The maximum Gasteiger partial charge on any atom is 0.417 e. The predicted molar refractivity (Wildman–Crippen MR) is 134 cm³/mol. The number of pyridine rings is 2. The largest absolute Gasteiger partial charge is 0.417 e. The Labute approximate surface area is 209 Å². The minimum Gasteiger partial charge on any atom is -0.383 e. The van der Waals surface area contributed by atoms with Crippen molar-refractivity contribution in [2.24, 2.45) is 0 Å². The second-order valence-corrected chi connectivity index (χ2v) is 8.45. The minimum atomic E-state index is -4.62. The number of amides is 1. The number of aromatic nitrogens is 4. The van der Waals surface area contributed by atoms with E-state index < -0.39 is 23.2 Å². The summed E-state index contributed by atoms with van der Waals surface area (Å²) in [6, 6.07) is 17.4. The Bertz CT molecular complexity index is 1610. The molecular weight excluding hydrogens is 481 g/mol. The Morgan fingerprint density at radius 3 is 2.51 bits per heavy atom. The fourth-order valence-electron chi connectivity index (χ4n) is 4.07. The highest BCUT2D eigenvalue weighted by atomic mass is 19.4. The summed E-state index contributed by atoms with van der Waals surface area (Å²) in [5.41, 5.74) is 9.13. The predicted octanol–water partition coefficient (Wildman–Crippen LogP) is 5.32. The van der Waals surface area contributed by atoms with E-state index in [9.17, 15) is 18.0 Å². The molecule has 3 heterocycles. The van der Waals surface area contributed by atoms with Crippen molar-refractivity contribution in [1.29, 1.82) is 0 Å². The molecule has 7 nitrogen and oxygen atoms in total. The number of benzene rings is 2. The second kappa shape index (κ2) is 9.38. The monoisotopic (exact) mass is 502 g/mol. The smallest absolute Gasteiger partial charge is 0.383 e. The SMILES string of the molecule is Cc1cnc2c(c1)nc(-c1cccnc1N)n2-c1ccc(CNC(=O)c2ccccc2C(F)(F)F)cc1. The van der Waals surface area contributed by atoms with E-state index in [-0.39, 0.29) is 6.54 Å². The van der Waals surface area contributed by atoms with Gasteiger partial charge in [0.2, 0.25) is 0 Å². The summed E-state index contributed by atoms with van der Waals surface area (Å²) in [7, 11) is 0. The van der Waals surface area contributed by atoms with Crippen LogP contribution in [0.1, 0.15) is 27.0 Å². The third kappa shape index (κ3) is 4.73. The number of hydrogen-bond acceptors (Lipinski definition) is 5. The Balaban J connectivity index is 1.44. The van der Waals surface area contributed by atoms with Crippen molar-refractivity contribution in [3.63, 3.8) is 0 Å². The molecule has 0 bridgehead atoms. The number of fused-ring (bicyclic) bond motifs is 1. The first-order valence-corrected chi connectivity index (χ1v) is 11.3. The summed E-state index contributed by atoms with van der Waals surface area (Å²) in [6.07, 6.45) is -1.27. The molecule has 1 amide bonds. The van der Waals surface area contributed by atoms with E-state index in [0.29, 0.717) is 33.9 Å². The molecular formula is C27H21F3N6O. The Hall–Kier alpha value is -4.73. The van der Waals surface area contributed by atoms with Crippen LogP contribution in [0.5, 0.6) is 0 Å². The molecule has 3 aromatic heterocycles. The average molecular weight is 503 g/mol. The fourth-order valence-corrected chi connectivity index (χ4v) is 4.07. The molecule has 3 N–H and O–H groups in total. The van der Waals surface area contributed by atoms with Gasteiger partial charge in [0.15, 0.2) is 11.5 Å². The lowest BCUT2D eigenvalue weighted by molar-refractivity contribution is -0.137. The van der Waals surface area contributed by atoms with Crippen molar-refractivity contribution >= 4 is 22.9 Å². The minimum absolute atomic E-state index is 0.0514. The number of halogens is 3. The van der Waals surface area contributed by atoms with Crippen LogP contribution in [0.4, 0.5) is 19.0 Å². The molecule has 0 spiro atoms. The molecule has 0 aliphatic rings. The third-order valence-corrected chi connectivity index (χ3v) is 5.84. The number of imidazole rings is 1. The number of anilines is 1. The van der Waals surface area contributed by atoms with Crippen LogP contribution in [0.2, 0.25) is 0 Å². The Morgan fingerprint density at radius 2 is 1.78 bits per heavy atom. The first-order valence-electron chi connectivity index (χ1n) is 11.3. The number of nitrogens with two attached hydrogens (primary N) is 1. The Morgan fingerprint density at radius 1 is 1.03 bits per heavy atom. The standard InChI is InChI=1S/C27H21F3N6O/c1-16-13-22-25(33-14-16)36(24(35-22)20-6-4-12-32-23(20)31)18-10-8-17(9-11-18)15-34-26(37)19-5-2-3-7-21(19)27(28,29)30/h2-14H,15H2,1H3,(H2,31,32)(H,34,37). The zero-order valence-electron chi connectivity index (χ0n) is 19.6. The lowest BCUT2D eigenvalue weighted by Gasteiger charge is -2.13. The van der Waals surface area contributed by atoms with Gasteiger partial charge >= 0.3 is 6.18 Å². The zero-order valence-corrected chi connectivity index (χ0v) is 19.6. The normalized spacial score (nSPS) is 11.6. The summed E-state index contributed by atoms with van der Waals surface area (Å²) >= 11 is 0. The number of rotatable bonds is 5. The molecule has 0 fully saturated rings. The van der Waals surface area contributed by atoms with E-state index in [0.717, 1.165) is 23.4 Å². The molecule has 5 rings (SSSR count). The molecule has 0 aliphatic heterocycles. The number of alkyl halides is 3. The van der Waals surface area contributed by atoms with Gasteiger partial charge in [-0.1, -0.05) is 24.3 Å². The number of nitrogens with one attached hydrogen (secondary N) is 1. The summed E-state index contributed by atoms with van der Waals surface area (Å²) < 4.78 is 41.6. The summed E-state index contributed by atoms with van der Waals surface area (Å²) in [5, 5.41) is 2.57. The maximum absolute atomic E-state index is 13.3. The van der Waals surface area contributed by atoms with Crippen LogP contribution in [0.25, 0.3) is 28.2 Å². The van der Waals surface area contributed by atoms with Gasteiger partial charge in [-0.2, -0.15) is 13.2 Å². The number of hydrogen-bond donors (Lipinski definition) is 2. The van der Waals surface area contributed by atoms with Gasteiger partial charge in [0.25, 0.3) is 5.91 Å². The van der Waals surface area contributed by atoms with Crippen molar-refractivity contribution in [2.75, 3.05) is 5.73 Å². The molecule has 0 saturated heterocycles. The van der Waals surface area contributed by atoms with Crippen molar-refractivity contribution in [1.82, 2.24) is 24.8 Å². The Kier molecular flexibility index (Phi) is 6.08. The van der Waals surface area contributed by atoms with Gasteiger partial charge in [-0.25, -0.2) is 15.0 Å². The highest BCUT2D eigenvalue weighted by Crippen LogP contribution is 2.32. The van der Waals surface area contributed by atoms with Crippen LogP contribution < -0.4 is 11.1 Å². The van der Waals surface area contributed by atoms with Crippen molar-refractivity contribution in [2.45, 2.75) is 19.6 Å². The molecule has 2 aromatic carbocycles. The lowest BCUT2D eigenvalue weighted by atomic mass is 10.1. The van der Waals surface area contributed by atoms with E-state index in [1.54, 1.807) is 30.6 Å². The van der Waals surface area contributed by atoms with Crippen LogP contribution >= 0.6 is 0 Å². The van der Waals surface area contributed by atoms with Gasteiger partial charge in [-0.05, 0) is 60.5 Å². The number of carbonyl (C=O) groups excluding carboxylic acids is 1. The summed E-state index contributed by atoms with van der Waals surface area (Å²) in [4.78, 5) is 26.0. The van der Waals surface area contributed by atoms with Crippen LogP contribution in [0.3, 0.4) is 0 Å². The molecule has 0 saturated carbocycles. The van der Waals surface area contributed by atoms with E-state index in [1.807, 2.05) is 35.8 Å². The second-order valence-electron chi connectivity index (χ2n) is 8.45. The lowest BCUT2D eigenvalue weighted by Crippen LogP contribution is -2.25. The van der Waals surface area contributed by atoms with Gasteiger partial charge < -0.3 is 11.1 Å². The first-order chi connectivity index (χ1) is 17.7. The summed E-state index contributed by atoms with van der Waals surface area (Å²) in [6.45, 7) is 1.98. The number of aryl methyl sites for hydroxylation is 1. The summed E-state index contributed by atoms with van der Waals surface area (Å²) in [5.74, 6) is 0.101. The molecule has 0 atom stereocenters.